The summed E-state index contributed by atoms with van der Waals surface area (Å²) in [5.74, 6) is -0.410. The molecule has 2 N–H and O–H groups in total. The number of carbonyl (C=O) groups excluding carboxylic acids is 1. The molecule has 2 rings (SSSR count). The number of nitrogens with zero attached hydrogens (tertiary/aromatic N) is 1. The second-order valence-electron chi connectivity index (χ2n) is 4.79. The van der Waals surface area contributed by atoms with E-state index < -0.39 is 16.8 Å². The second-order valence-corrected chi connectivity index (χ2v) is 4.79. The van der Waals surface area contributed by atoms with Crippen molar-refractivity contribution >= 4 is 23.2 Å². The average Bonchev–Trinajstić information content (AvgIpc) is 2.55. The molecule has 8 heteroatoms. The third-order valence-corrected chi connectivity index (χ3v) is 3.13. The Morgan fingerprint density at radius 1 is 1.25 bits per heavy atom. The van der Waals surface area contributed by atoms with Crippen LogP contribution in [0.2, 0.25) is 0 Å². The van der Waals surface area contributed by atoms with Crippen molar-refractivity contribution in [2.24, 2.45) is 0 Å². The summed E-state index contributed by atoms with van der Waals surface area (Å²) in [4.78, 5) is 22.0. The molecule has 0 saturated carbocycles. The van der Waals surface area contributed by atoms with Gasteiger partial charge in [-0.2, -0.15) is 0 Å². The molecule has 0 aliphatic rings. The normalized spacial score (nSPS) is 10.1. The molecule has 1 amide bonds. The van der Waals surface area contributed by atoms with Crippen LogP contribution in [0.25, 0.3) is 0 Å². The number of hydrogen-bond acceptors (Lipinski definition) is 5. The number of nitro benzene ring substituents is 1. The van der Waals surface area contributed by atoms with E-state index in [0.29, 0.717) is 11.3 Å². The monoisotopic (exact) mass is 333 g/mol. The molecule has 0 heterocycles. The maximum atomic E-state index is 13.5. The minimum Gasteiger partial charge on any atom is -0.450 e. The molecule has 0 aromatic heterocycles. The van der Waals surface area contributed by atoms with E-state index in [0.717, 1.165) is 0 Å². The van der Waals surface area contributed by atoms with Crippen LogP contribution in [0.5, 0.6) is 0 Å². The zero-order valence-electron chi connectivity index (χ0n) is 12.9. The molecule has 0 fully saturated rings. The summed E-state index contributed by atoms with van der Waals surface area (Å²) in [6.07, 6.45) is -0.766. The van der Waals surface area contributed by atoms with Crippen LogP contribution in [-0.4, -0.2) is 17.6 Å². The summed E-state index contributed by atoms with van der Waals surface area (Å²) in [5, 5.41) is 16.4. The first kappa shape index (κ1) is 17.2. The third-order valence-electron chi connectivity index (χ3n) is 3.13. The molecular formula is C16H16FN3O4. The van der Waals surface area contributed by atoms with E-state index in [1.54, 1.807) is 31.2 Å². The lowest BCUT2D eigenvalue weighted by molar-refractivity contribution is -0.384. The Morgan fingerprint density at radius 2 is 2.00 bits per heavy atom. The number of nitro groups is 1. The smallest absolute Gasteiger partial charge is 0.411 e. The fraction of sp³-hybridized carbons (Fsp3) is 0.188. The number of benzene rings is 2. The summed E-state index contributed by atoms with van der Waals surface area (Å²) in [5.41, 5.74) is 0.636. The molecular weight excluding hydrogens is 317 g/mol. The highest BCUT2D eigenvalue weighted by Gasteiger charge is 2.17. The summed E-state index contributed by atoms with van der Waals surface area (Å²) < 4.78 is 18.3. The SMILES string of the molecule is CCOC(=O)Nc1ccc(CNc2ccccc2F)cc1[N+](=O)[O-]. The zero-order valence-corrected chi connectivity index (χ0v) is 12.9. The van der Waals surface area contributed by atoms with Gasteiger partial charge in [-0.15, -0.1) is 0 Å². The number of rotatable bonds is 6. The van der Waals surface area contributed by atoms with Crippen molar-refractivity contribution < 1.29 is 18.8 Å². The number of anilines is 2. The second kappa shape index (κ2) is 7.91. The lowest BCUT2D eigenvalue weighted by Gasteiger charge is -2.10. The molecule has 0 atom stereocenters. The van der Waals surface area contributed by atoms with Gasteiger partial charge in [-0.1, -0.05) is 18.2 Å². The Balaban J connectivity index is 2.15. The summed E-state index contributed by atoms with van der Waals surface area (Å²) in [6, 6.07) is 10.5. The van der Waals surface area contributed by atoms with Gasteiger partial charge in [-0.25, -0.2) is 9.18 Å². The van der Waals surface area contributed by atoms with Gasteiger partial charge in [-0.05, 0) is 30.7 Å². The fourth-order valence-corrected chi connectivity index (χ4v) is 2.02. The van der Waals surface area contributed by atoms with Crippen LogP contribution in [0.1, 0.15) is 12.5 Å². The molecule has 0 unspecified atom stereocenters. The van der Waals surface area contributed by atoms with Gasteiger partial charge in [0.2, 0.25) is 0 Å². The topological polar surface area (TPSA) is 93.5 Å². The van der Waals surface area contributed by atoms with E-state index >= 15 is 0 Å². The highest BCUT2D eigenvalue weighted by Crippen LogP contribution is 2.26. The summed E-state index contributed by atoms with van der Waals surface area (Å²) in [6.45, 7) is 1.98. The fourth-order valence-electron chi connectivity index (χ4n) is 2.02. The van der Waals surface area contributed by atoms with Crippen LogP contribution < -0.4 is 10.6 Å². The summed E-state index contributed by atoms with van der Waals surface area (Å²) >= 11 is 0. The van der Waals surface area contributed by atoms with E-state index in [-0.39, 0.29) is 24.5 Å². The number of para-hydroxylation sites is 1. The van der Waals surface area contributed by atoms with Crippen LogP contribution in [0.15, 0.2) is 42.5 Å². The van der Waals surface area contributed by atoms with Crippen LogP contribution in [-0.2, 0) is 11.3 Å². The Morgan fingerprint density at radius 3 is 2.67 bits per heavy atom. The van der Waals surface area contributed by atoms with Gasteiger partial charge in [0.1, 0.15) is 11.5 Å². The Bertz CT molecular complexity index is 752. The van der Waals surface area contributed by atoms with Gasteiger partial charge in [0.25, 0.3) is 5.69 Å². The number of ether oxygens (including phenoxy) is 1. The van der Waals surface area contributed by atoms with Gasteiger partial charge in [0.15, 0.2) is 0 Å². The standard InChI is InChI=1S/C16H16FN3O4/c1-2-24-16(21)19-14-8-7-11(9-15(14)20(22)23)10-18-13-6-4-3-5-12(13)17/h3-9,18H,2,10H2,1H3,(H,19,21). The highest BCUT2D eigenvalue weighted by atomic mass is 19.1. The average molecular weight is 333 g/mol. The Kier molecular flexibility index (Phi) is 5.67. The molecule has 7 nitrogen and oxygen atoms in total. The minimum atomic E-state index is -0.766. The van der Waals surface area contributed by atoms with Crippen molar-refractivity contribution in [2.75, 3.05) is 17.2 Å². The van der Waals surface area contributed by atoms with Gasteiger partial charge >= 0.3 is 6.09 Å². The van der Waals surface area contributed by atoms with Gasteiger partial charge in [0.05, 0.1) is 17.2 Å². The molecule has 0 saturated heterocycles. The summed E-state index contributed by atoms with van der Waals surface area (Å²) in [7, 11) is 0. The largest absolute Gasteiger partial charge is 0.450 e. The van der Waals surface area contributed by atoms with Crippen molar-refractivity contribution in [1.82, 2.24) is 0 Å². The van der Waals surface area contributed by atoms with Crippen LogP contribution >= 0.6 is 0 Å². The lowest BCUT2D eigenvalue weighted by atomic mass is 10.1. The van der Waals surface area contributed by atoms with E-state index in [9.17, 15) is 19.3 Å². The predicted octanol–water partition coefficient (Wildman–Crippen LogP) is 3.91. The van der Waals surface area contributed by atoms with Gasteiger partial charge in [0, 0.05) is 12.6 Å². The molecule has 0 radical (unpaired) electrons. The van der Waals surface area contributed by atoms with Crippen LogP contribution in [0.3, 0.4) is 0 Å². The number of halogens is 1. The first-order valence-corrected chi connectivity index (χ1v) is 7.20. The number of amides is 1. The maximum absolute atomic E-state index is 13.5. The first-order valence-electron chi connectivity index (χ1n) is 7.20. The molecule has 126 valence electrons. The molecule has 0 aliphatic carbocycles. The number of hydrogen-bond donors (Lipinski definition) is 2. The highest BCUT2D eigenvalue weighted by molar-refractivity contribution is 5.87. The van der Waals surface area contributed by atoms with E-state index in [4.69, 9.17) is 4.74 Å². The predicted molar refractivity (Wildman–Crippen MR) is 87.5 cm³/mol. The molecule has 0 bridgehead atoms. The molecule has 2 aromatic carbocycles. The molecule has 2 aromatic rings. The van der Waals surface area contributed by atoms with Crippen LogP contribution in [0.4, 0.5) is 26.2 Å². The Labute approximate surface area is 137 Å². The molecule has 0 aliphatic heterocycles. The van der Waals surface area contributed by atoms with Crippen molar-refractivity contribution in [3.8, 4) is 0 Å². The maximum Gasteiger partial charge on any atom is 0.411 e. The van der Waals surface area contributed by atoms with Crippen molar-refractivity contribution in [1.29, 1.82) is 0 Å². The van der Waals surface area contributed by atoms with Crippen molar-refractivity contribution in [3.05, 3.63) is 64.0 Å². The van der Waals surface area contributed by atoms with Gasteiger partial charge < -0.3 is 10.1 Å². The van der Waals surface area contributed by atoms with Crippen molar-refractivity contribution in [2.45, 2.75) is 13.5 Å². The van der Waals surface area contributed by atoms with Gasteiger partial charge in [-0.3, -0.25) is 15.4 Å². The number of nitrogens with one attached hydrogen (secondary N) is 2. The third kappa shape index (κ3) is 4.42. The lowest BCUT2D eigenvalue weighted by Crippen LogP contribution is -2.14. The van der Waals surface area contributed by atoms with Crippen LogP contribution in [0, 0.1) is 15.9 Å². The molecule has 24 heavy (non-hydrogen) atoms. The van der Waals surface area contributed by atoms with E-state index in [1.165, 1.54) is 18.2 Å². The number of carbonyl (C=O) groups is 1. The zero-order chi connectivity index (χ0) is 17.5. The minimum absolute atomic E-state index is 0.0353. The molecule has 0 spiro atoms. The van der Waals surface area contributed by atoms with E-state index in [2.05, 4.69) is 10.6 Å². The van der Waals surface area contributed by atoms with E-state index in [1.807, 2.05) is 0 Å². The quantitative estimate of drug-likeness (QED) is 0.617. The first-order chi connectivity index (χ1) is 11.5. The van der Waals surface area contributed by atoms with Crippen molar-refractivity contribution in [3.63, 3.8) is 0 Å². The Hall–Kier alpha value is -3.16.